The predicted octanol–water partition coefficient (Wildman–Crippen LogP) is 8.11. The van der Waals surface area contributed by atoms with E-state index in [1.165, 1.54) is 30.3 Å². The van der Waals surface area contributed by atoms with Gasteiger partial charge in [0.1, 0.15) is 23.7 Å². The molecule has 0 atom stereocenters. The molecule has 0 aliphatic carbocycles. The number of rotatable bonds is 5. The molecule has 4 nitrogen and oxygen atoms in total. The first-order valence-electron chi connectivity index (χ1n) is 10.0. The van der Waals surface area contributed by atoms with E-state index in [0.29, 0.717) is 21.2 Å². The van der Waals surface area contributed by atoms with Crippen molar-refractivity contribution in [2.45, 2.75) is 26.6 Å². The number of halogens is 5. The highest BCUT2D eigenvalue weighted by atomic mass is 35.5. The lowest BCUT2D eigenvalue weighted by molar-refractivity contribution is -0.154. The van der Waals surface area contributed by atoms with Crippen LogP contribution in [0.15, 0.2) is 63.8 Å². The highest BCUT2D eigenvalue weighted by Gasteiger charge is 2.40. The van der Waals surface area contributed by atoms with Gasteiger partial charge in [0.05, 0.1) is 5.39 Å². The SMILES string of the molecule is Cc1cc(Oc2c(C(F)(F)F)oc3cc(OCc4cccc(Cl)c4)ccc3c2=O)cc(C)c1Cl. The summed E-state index contributed by atoms with van der Waals surface area (Å²) in [5.41, 5.74) is 0.716. The molecule has 3 aromatic carbocycles. The molecule has 0 aliphatic heterocycles. The second-order valence-electron chi connectivity index (χ2n) is 7.64. The Balaban J connectivity index is 1.74. The van der Waals surface area contributed by atoms with Crippen molar-refractivity contribution in [3.63, 3.8) is 0 Å². The van der Waals surface area contributed by atoms with Gasteiger partial charge in [-0.25, -0.2) is 0 Å². The number of fused-ring (bicyclic) bond motifs is 1. The van der Waals surface area contributed by atoms with E-state index in [1.807, 2.05) is 0 Å². The monoisotopic (exact) mass is 508 g/mol. The third-order valence-electron chi connectivity index (χ3n) is 5.00. The van der Waals surface area contributed by atoms with Crippen LogP contribution in [0.5, 0.6) is 17.2 Å². The maximum Gasteiger partial charge on any atom is 0.453 e. The average Bonchev–Trinajstić information content (AvgIpc) is 2.77. The summed E-state index contributed by atoms with van der Waals surface area (Å²) in [6.45, 7) is 3.49. The number of hydrogen-bond acceptors (Lipinski definition) is 4. The molecule has 0 radical (unpaired) electrons. The molecule has 9 heteroatoms. The summed E-state index contributed by atoms with van der Waals surface area (Å²) in [6, 6.07) is 13.9. The first-order valence-corrected chi connectivity index (χ1v) is 10.8. The molecule has 0 fully saturated rings. The van der Waals surface area contributed by atoms with Gasteiger partial charge in [0.25, 0.3) is 5.76 Å². The van der Waals surface area contributed by atoms with Gasteiger partial charge < -0.3 is 13.9 Å². The Morgan fingerprint density at radius 2 is 1.65 bits per heavy atom. The molecular formula is C25H17Cl2F3O4. The summed E-state index contributed by atoms with van der Waals surface area (Å²) < 4.78 is 57.6. The Bertz CT molecular complexity index is 1420. The van der Waals surface area contributed by atoms with Crippen LogP contribution in [-0.4, -0.2) is 0 Å². The van der Waals surface area contributed by atoms with Gasteiger partial charge in [-0.2, -0.15) is 13.2 Å². The van der Waals surface area contributed by atoms with Gasteiger partial charge in [-0.1, -0.05) is 35.3 Å². The first-order chi connectivity index (χ1) is 16.0. The maximum atomic E-state index is 13.8. The van der Waals surface area contributed by atoms with Gasteiger partial charge in [0.15, 0.2) is 0 Å². The molecule has 1 aromatic heterocycles. The largest absolute Gasteiger partial charge is 0.489 e. The van der Waals surface area contributed by atoms with Crippen LogP contribution < -0.4 is 14.9 Å². The summed E-state index contributed by atoms with van der Waals surface area (Å²) in [6.07, 6.45) is -4.98. The fourth-order valence-electron chi connectivity index (χ4n) is 3.40. The van der Waals surface area contributed by atoms with Crippen molar-refractivity contribution < 1.29 is 27.1 Å². The molecule has 0 spiro atoms. The quantitative estimate of drug-likeness (QED) is 0.273. The fraction of sp³-hybridized carbons (Fsp3) is 0.160. The highest BCUT2D eigenvalue weighted by molar-refractivity contribution is 6.32. The molecule has 0 bridgehead atoms. The maximum absolute atomic E-state index is 13.8. The third kappa shape index (κ3) is 5.00. The minimum absolute atomic E-state index is 0.0398. The zero-order chi connectivity index (χ0) is 24.6. The van der Waals surface area contributed by atoms with Crippen molar-refractivity contribution in [2.75, 3.05) is 0 Å². The molecule has 0 amide bonds. The number of ether oxygens (including phenoxy) is 2. The Kier molecular flexibility index (Phi) is 6.51. The van der Waals surface area contributed by atoms with Crippen LogP contribution >= 0.6 is 23.2 Å². The molecule has 0 unspecified atom stereocenters. The van der Waals surface area contributed by atoms with Crippen LogP contribution in [0.3, 0.4) is 0 Å². The lowest BCUT2D eigenvalue weighted by atomic mass is 10.1. The highest BCUT2D eigenvalue weighted by Crippen LogP contribution is 2.39. The summed E-state index contributed by atoms with van der Waals surface area (Å²) in [5.74, 6) is -2.23. The smallest absolute Gasteiger partial charge is 0.453 e. The second-order valence-corrected chi connectivity index (χ2v) is 8.45. The number of benzene rings is 3. The Morgan fingerprint density at radius 1 is 0.941 bits per heavy atom. The van der Waals surface area contributed by atoms with E-state index in [2.05, 4.69) is 0 Å². The van der Waals surface area contributed by atoms with E-state index in [1.54, 1.807) is 38.1 Å². The number of aryl methyl sites for hydroxylation is 2. The van der Waals surface area contributed by atoms with Gasteiger partial charge in [0.2, 0.25) is 11.2 Å². The van der Waals surface area contributed by atoms with Gasteiger partial charge in [-0.05, 0) is 66.9 Å². The number of alkyl halides is 3. The van der Waals surface area contributed by atoms with Crippen molar-refractivity contribution in [2.24, 2.45) is 0 Å². The zero-order valence-electron chi connectivity index (χ0n) is 17.9. The minimum atomic E-state index is -4.98. The standard InChI is InChI=1S/C25H17Cl2F3O4/c1-13-8-18(9-14(2)21(13)27)33-23-22(31)19-7-6-17(11-20(19)34-24(23)25(28,29)30)32-12-15-4-3-5-16(26)10-15/h3-11H,12H2,1-2H3. The minimum Gasteiger partial charge on any atom is -0.489 e. The van der Waals surface area contributed by atoms with E-state index in [0.717, 1.165) is 5.56 Å². The Morgan fingerprint density at radius 3 is 2.29 bits per heavy atom. The summed E-state index contributed by atoms with van der Waals surface area (Å²) >= 11 is 12.1. The van der Waals surface area contributed by atoms with Gasteiger partial charge in [-0.15, -0.1) is 0 Å². The number of hydrogen-bond donors (Lipinski definition) is 0. The fourth-order valence-corrected chi connectivity index (χ4v) is 3.72. The van der Waals surface area contributed by atoms with Crippen LogP contribution in [0.25, 0.3) is 11.0 Å². The Labute approximate surface area is 202 Å². The Hall–Kier alpha value is -3.16. The van der Waals surface area contributed by atoms with Crippen LogP contribution in [0, 0.1) is 13.8 Å². The molecule has 0 saturated heterocycles. The molecular weight excluding hydrogens is 492 g/mol. The van der Waals surface area contributed by atoms with Crippen molar-refractivity contribution in [3.8, 4) is 17.2 Å². The van der Waals surface area contributed by atoms with Crippen molar-refractivity contribution in [3.05, 3.63) is 97.3 Å². The molecule has 34 heavy (non-hydrogen) atoms. The molecule has 1 heterocycles. The van der Waals surface area contributed by atoms with Crippen molar-refractivity contribution >= 4 is 34.2 Å². The van der Waals surface area contributed by atoms with E-state index in [-0.39, 0.29) is 29.1 Å². The van der Waals surface area contributed by atoms with Gasteiger partial charge >= 0.3 is 6.18 Å². The van der Waals surface area contributed by atoms with E-state index in [9.17, 15) is 18.0 Å². The van der Waals surface area contributed by atoms with Crippen molar-refractivity contribution in [1.82, 2.24) is 0 Å². The van der Waals surface area contributed by atoms with Crippen LogP contribution in [0.1, 0.15) is 22.5 Å². The third-order valence-corrected chi connectivity index (χ3v) is 5.84. The van der Waals surface area contributed by atoms with E-state index in [4.69, 9.17) is 37.1 Å². The molecule has 176 valence electrons. The second kappa shape index (κ2) is 9.24. The van der Waals surface area contributed by atoms with Crippen LogP contribution in [-0.2, 0) is 12.8 Å². The first kappa shape index (κ1) is 24.0. The lowest BCUT2D eigenvalue weighted by Crippen LogP contribution is -2.15. The lowest BCUT2D eigenvalue weighted by Gasteiger charge is -2.15. The summed E-state index contributed by atoms with van der Waals surface area (Å²) in [5, 5.41) is 0.902. The molecule has 0 aliphatic rings. The molecule has 4 rings (SSSR count). The molecule has 4 aromatic rings. The van der Waals surface area contributed by atoms with Crippen molar-refractivity contribution in [1.29, 1.82) is 0 Å². The van der Waals surface area contributed by atoms with E-state index >= 15 is 0 Å². The van der Waals surface area contributed by atoms with Crippen LogP contribution in [0.2, 0.25) is 10.0 Å². The molecule has 0 N–H and O–H groups in total. The average molecular weight is 509 g/mol. The normalized spacial score (nSPS) is 11.6. The van der Waals surface area contributed by atoms with E-state index < -0.39 is 23.1 Å². The summed E-state index contributed by atoms with van der Waals surface area (Å²) in [7, 11) is 0. The predicted molar refractivity (Wildman–Crippen MR) is 124 cm³/mol. The topological polar surface area (TPSA) is 48.7 Å². The molecule has 0 saturated carbocycles. The van der Waals surface area contributed by atoms with Gasteiger partial charge in [-0.3, -0.25) is 4.79 Å². The van der Waals surface area contributed by atoms with Crippen LogP contribution in [0.4, 0.5) is 13.2 Å². The summed E-state index contributed by atoms with van der Waals surface area (Å²) in [4.78, 5) is 13.0. The zero-order valence-corrected chi connectivity index (χ0v) is 19.4. The van der Waals surface area contributed by atoms with Gasteiger partial charge in [0, 0.05) is 16.1 Å².